The quantitative estimate of drug-likeness (QED) is 0.886. The second-order valence-corrected chi connectivity index (χ2v) is 6.74. The number of carbonyl (C=O) groups excluding carboxylic acids is 1. The van der Waals surface area contributed by atoms with Crippen LogP contribution in [-0.2, 0) is 4.79 Å². The molecular formula is C15H19N3O. The number of carbonyl (C=O) groups is 1. The van der Waals surface area contributed by atoms with Crippen LogP contribution in [0.15, 0.2) is 18.6 Å². The minimum Gasteiger partial charge on any atom is -0.309 e. The van der Waals surface area contributed by atoms with E-state index in [0.29, 0.717) is 5.82 Å². The molecule has 100 valence electrons. The van der Waals surface area contributed by atoms with Crippen LogP contribution < -0.4 is 5.32 Å². The number of hydrogen-bond donors (Lipinski definition) is 1. The largest absolute Gasteiger partial charge is 0.309 e. The molecule has 5 rings (SSSR count). The molecule has 0 spiro atoms. The summed E-state index contributed by atoms with van der Waals surface area (Å²) in [7, 11) is 0. The lowest BCUT2D eigenvalue weighted by Crippen LogP contribution is -2.51. The Morgan fingerprint density at radius 3 is 2.26 bits per heavy atom. The minimum absolute atomic E-state index is 0.105. The lowest BCUT2D eigenvalue weighted by Gasteiger charge is -2.55. The third-order valence-electron chi connectivity index (χ3n) is 5.32. The molecule has 0 saturated heterocycles. The SMILES string of the molecule is O=C(Nc1cnccn1)C12CC3CC(CC(C3)C1)C2. The van der Waals surface area contributed by atoms with Gasteiger partial charge in [-0.05, 0) is 56.3 Å². The van der Waals surface area contributed by atoms with Crippen molar-refractivity contribution < 1.29 is 4.79 Å². The summed E-state index contributed by atoms with van der Waals surface area (Å²) < 4.78 is 0. The van der Waals surface area contributed by atoms with Crippen LogP contribution in [0.3, 0.4) is 0 Å². The first-order valence-corrected chi connectivity index (χ1v) is 7.31. The molecule has 0 unspecified atom stereocenters. The third kappa shape index (κ3) is 1.85. The van der Waals surface area contributed by atoms with Crippen LogP contribution in [0.5, 0.6) is 0 Å². The zero-order valence-corrected chi connectivity index (χ0v) is 11.0. The smallest absolute Gasteiger partial charge is 0.231 e. The summed E-state index contributed by atoms with van der Waals surface area (Å²) in [6, 6.07) is 0. The number of anilines is 1. The highest BCUT2D eigenvalue weighted by molar-refractivity contribution is 5.94. The van der Waals surface area contributed by atoms with Gasteiger partial charge in [-0.2, -0.15) is 0 Å². The Kier molecular flexibility index (Phi) is 2.41. The van der Waals surface area contributed by atoms with Crippen LogP contribution in [0.4, 0.5) is 5.82 Å². The number of hydrogen-bond acceptors (Lipinski definition) is 3. The van der Waals surface area contributed by atoms with Crippen molar-refractivity contribution in [1.29, 1.82) is 0 Å². The Bertz CT molecular complexity index is 464. The van der Waals surface area contributed by atoms with E-state index >= 15 is 0 Å². The van der Waals surface area contributed by atoms with Crippen molar-refractivity contribution in [3.8, 4) is 0 Å². The summed E-state index contributed by atoms with van der Waals surface area (Å²) in [4.78, 5) is 20.8. The van der Waals surface area contributed by atoms with E-state index in [4.69, 9.17) is 0 Å². The van der Waals surface area contributed by atoms with Gasteiger partial charge < -0.3 is 5.32 Å². The Labute approximate surface area is 113 Å². The van der Waals surface area contributed by atoms with E-state index in [0.717, 1.165) is 37.0 Å². The molecule has 0 aliphatic heterocycles. The molecule has 4 bridgehead atoms. The van der Waals surface area contributed by atoms with E-state index in [1.807, 2.05) is 0 Å². The van der Waals surface area contributed by atoms with E-state index in [1.54, 1.807) is 18.6 Å². The Balaban J connectivity index is 1.56. The molecule has 1 N–H and O–H groups in total. The van der Waals surface area contributed by atoms with Gasteiger partial charge in [-0.25, -0.2) is 4.98 Å². The molecule has 1 aromatic rings. The topological polar surface area (TPSA) is 54.9 Å². The van der Waals surface area contributed by atoms with Crippen molar-refractivity contribution >= 4 is 11.7 Å². The Morgan fingerprint density at radius 2 is 1.74 bits per heavy atom. The van der Waals surface area contributed by atoms with Crippen LogP contribution in [0.1, 0.15) is 38.5 Å². The van der Waals surface area contributed by atoms with E-state index in [-0.39, 0.29) is 11.3 Å². The molecule has 19 heavy (non-hydrogen) atoms. The van der Waals surface area contributed by atoms with E-state index in [1.165, 1.54) is 19.3 Å². The molecule has 1 heterocycles. The minimum atomic E-state index is -0.105. The third-order valence-corrected chi connectivity index (χ3v) is 5.32. The molecule has 1 amide bonds. The van der Waals surface area contributed by atoms with E-state index < -0.39 is 0 Å². The predicted octanol–water partition coefficient (Wildman–Crippen LogP) is 2.63. The highest BCUT2D eigenvalue weighted by Gasteiger charge is 2.54. The Hall–Kier alpha value is -1.45. The van der Waals surface area contributed by atoms with Gasteiger partial charge in [-0.3, -0.25) is 9.78 Å². The molecule has 0 aromatic carbocycles. The van der Waals surface area contributed by atoms with Gasteiger partial charge in [-0.1, -0.05) is 0 Å². The van der Waals surface area contributed by atoms with Crippen LogP contribution in [-0.4, -0.2) is 15.9 Å². The highest BCUT2D eigenvalue weighted by atomic mass is 16.2. The van der Waals surface area contributed by atoms with E-state index in [9.17, 15) is 4.79 Å². The molecule has 0 radical (unpaired) electrons. The number of rotatable bonds is 2. The molecule has 4 aliphatic carbocycles. The van der Waals surface area contributed by atoms with Crippen molar-refractivity contribution in [2.75, 3.05) is 5.32 Å². The fourth-order valence-corrected chi connectivity index (χ4v) is 5.00. The summed E-state index contributed by atoms with van der Waals surface area (Å²) in [6.45, 7) is 0. The average Bonchev–Trinajstić information content (AvgIpc) is 2.38. The van der Waals surface area contributed by atoms with Crippen LogP contribution in [0.2, 0.25) is 0 Å². The summed E-state index contributed by atoms with van der Waals surface area (Å²) in [5.74, 6) is 3.15. The molecular weight excluding hydrogens is 238 g/mol. The number of amides is 1. The van der Waals surface area contributed by atoms with E-state index in [2.05, 4.69) is 15.3 Å². The van der Waals surface area contributed by atoms with Crippen LogP contribution in [0.25, 0.3) is 0 Å². The van der Waals surface area contributed by atoms with Gasteiger partial charge in [0.1, 0.15) is 0 Å². The van der Waals surface area contributed by atoms with Crippen molar-refractivity contribution in [2.24, 2.45) is 23.2 Å². The van der Waals surface area contributed by atoms with Crippen molar-refractivity contribution in [3.05, 3.63) is 18.6 Å². The van der Waals surface area contributed by atoms with Gasteiger partial charge >= 0.3 is 0 Å². The monoisotopic (exact) mass is 257 g/mol. The normalized spacial score (nSPS) is 39.3. The summed E-state index contributed by atoms with van der Waals surface area (Å²) in [6.07, 6.45) is 12.2. The van der Waals surface area contributed by atoms with Crippen molar-refractivity contribution in [1.82, 2.24) is 9.97 Å². The molecule has 4 fully saturated rings. The summed E-state index contributed by atoms with van der Waals surface area (Å²) in [5, 5.41) is 2.99. The van der Waals surface area contributed by atoms with Crippen LogP contribution in [0, 0.1) is 23.2 Å². The molecule has 4 saturated carbocycles. The fourth-order valence-electron chi connectivity index (χ4n) is 5.00. The van der Waals surface area contributed by atoms with Crippen molar-refractivity contribution in [3.63, 3.8) is 0 Å². The van der Waals surface area contributed by atoms with Gasteiger partial charge in [-0.15, -0.1) is 0 Å². The molecule has 4 aliphatic rings. The molecule has 1 aromatic heterocycles. The Morgan fingerprint density at radius 1 is 1.11 bits per heavy atom. The van der Waals surface area contributed by atoms with Gasteiger partial charge in [0.15, 0.2) is 5.82 Å². The molecule has 4 nitrogen and oxygen atoms in total. The maximum absolute atomic E-state index is 12.7. The molecule has 0 atom stereocenters. The number of nitrogens with zero attached hydrogens (tertiary/aromatic N) is 2. The lowest BCUT2D eigenvalue weighted by molar-refractivity contribution is -0.140. The summed E-state index contributed by atoms with van der Waals surface area (Å²) >= 11 is 0. The zero-order chi connectivity index (χ0) is 12.9. The molecule has 4 heteroatoms. The van der Waals surface area contributed by atoms with Gasteiger partial charge in [0.05, 0.1) is 11.6 Å². The maximum atomic E-state index is 12.7. The second kappa shape index (κ2) is 4.02. The first kappa shape index (κ1) is 11.4. The fraction of sp³-hybridized carbons (Fsp3) is 0.667. The first-order chi connectivity index (χ1) is 9.23. The summed E-state index contributed by atoms with van der Waals surface area (Å²) in [5.41, 5.74) is -0.105. The standard InChI is InChI=1S/C15H19N3O/c19-14(18-13-9-16-1-2-17-13)15-6-10-3-11(7-15)5-12(4-10)8-15/h1-2,9-12H,3-8H2,(H,17,18,19). The maximum Gasteiger partial charge on any atom is 0.231 e. The van der Waals surface area contributed by atoms with Gasteiger partial charge in [0, 0.05) is 12.4 Å². The van der Waals surface area contributed by atoms with Gasteiger partial charge in [0.25, 0.3) is 0 Å². The lowest BCUT2D eigenvalue weighted by atomic mass is 9.49. The average molecular weight is 257 g/mol. The zero-order valence-electron chi connectivity index (χ0n) is 11.0. The van der Waals surface area contributed by atoms with Gasteiger partial charge in [0.2, 0.25) is 5.91 Å². The predicted molar refractivity (Wildman–Crippen MR) is 71.3 cm³/mol. The van der Waals surface area contributed by atoms with Crippen LogP contribution >= 0.6 is 0 Å². The second-order valence-electron chi connectivity index (χ2n) is 6.74. The number of nitrogens with one attached hydrogen (secondary N) is 1. The van der Waals surface area contributed by atoms with Crippen molar-refractivity contribution in [2.45, 2.75) is 38.5 Å². The highest BCUT2D eigenvalue weighted by Crippen LogP contribution is 2.60. The number of aromatic nitrogens is 2. The first-order valence-electron chi connectivity index (χ1n) is 7.31.